The monoisotopic (exact) mass is 424 g/mol. The number of aryl methyl sites for hydroxylation is 1. The van der Waals surface area contributed by atoms with E-state index in [9.17, 15) is 0 Å². The molecule has 0 radical (unpaired) electrons. The molecule has 6 nitrogen and oxygen atoms in total. The molecule has 5 rings (SSSR count). The molecule has 0 bridgehead atoms. The van der Waals surface area contributed by atoms with Gasteiger partial charge in [0.25, 0.3) is 0 Å². The first-order chi connectivity index (χ1) is 13.3. The topological polar surface area (TPSA) is 78.5 Å². The average Bonchev–Trinajstić information content (AvgIpc) is 3.44. The van der Waals surface area contributed by atoms with Crippen LogP contribution in [-0.2, 0) is 6.42 Å². The smallest absolute Gasteiger partial charge is 0.225 e. The van der Waals surface area contributed by atoms with Crippen LogP contribution in [0.3, 0.4) is 0 Å². The molecule has 2 aromatic heterocycles. The summed E-state index contributed by atoms with van der Waals surface area (Å²) in [6.45, 7) is 0. The minimum absolute atomic E-state index is 0.246. The van der Waals surface area contributed by atoms with Crippen molar-refractivity contribution in [2.45, 2.75) is 44.1 Å². The first-order valence-electron chi connectivity index (χ1n) is 9.45. The Hall–Kier alpha value is -2.41. The Labute approximate surface area is 166 Å². The molecule has 1 atom stereocenters. The number of hydrogen-bond acceptors (Lipinski definition) is 5. The number of benzene rings is 1. The van der Waals surface area contributed by atoms with Gasteiger partial charge in [-0.05, 0) is 59.2 Å². The molecule has 0 aliphatic heterocycles. The third kappa shape index (κ3) is 3.56. The van der Waals surface area contributed by atoms with E-state index in [1.54, 1.807) is 6.20 Å². The van der Waals surface area contributed by atoms with E-state index in [4.69, 9.17) is 0 Å². The third-order valence-corrected chi connectivity index (χ3v) is 5.86. The van der Waals surface area contributed by atoms with Crippen LogP contribution in [0.25, 0.3) is 0 Å². The predicted octanol–water partition coefficient (Wildman–Crippen LogP) is 5.07. The summed E-state index contributed by atoms with van der Waals surface area (Å²) in [5.74, 6) is 2.77. The van der Waals surface area contributed by atoms with Crippen molar-refractivity contribution in [3.05, 3.63) is 57.8 Å². The highest BCUT2D eigenvalue weighted by Crippen LogP contribution is 2.40. The van der Waals surface area contributed by atoms with E-state index >= 15 is 0 Å². The number of aromatic nitrogens is 4. The molecule has 7 heteroatoms. The van der Waals surface area contributed by atoms with Gasteiger partial charge >= 0.3 is 0 Å². The summed E-state index contributed by atoms with van der Waals surface area (Å²) >= 11 is 3.53. The quantitative estimate of drug-likeness (QED) is 0.532. The molecule has 2 aliphatic carbocycles. The molecule has 27 heavy (non-hydrogen) atoms. The van der Waals surface area contributed by atoms with Gasteiger partial charge in [0.1, 0.15) is 0 Å². The van der Waals surface area contributed by atoms with Gasteiger partial charge in [-0.2, -0.15) is 10.1 Å². The lowest BCUT2D eigenvalue weighted by Gasteiger charge is -2.26. The highest BCUT2D eigenvalue weighted by Gasteiger charge is 2.26. The Morgan fingerprint density at radius 2 is 2.04 bits per heavy atom. The van der Waals surface area contributed by atoms with Crippen molar-refractivity contribution in [3.63, 3.8) is 0 Å². The van der Waals surface area contributed by atoms with Crippen LogP contribution in [0.1, 0.15) is 54.5 Å². The molecule has 138 valence electrons. The number of aromatic amines is 1. The number of anilines is 3. The maximum atomic E-state index is 4.67. The van der Waals surface area contributed by atoms with Crippen LogP contribution in [0.15, 0.2) is 41.0 Å². The van der Waals surface area contributed by atoms with E-state index < -0.39 is 0 Å². The van der Waals surface area contributed by atoms with Crippen molar-refractivity contribution >= 4 is 33.5 Å². The predicted molar refractivity (Wildman–Crippen MR) is 109 cm³/mol. The first-order valence-corrected chi connectivity index (χ1v) is 10.2. The standard InChI is InChI=1S/C20H21BrN6/c21-15-11-22-20(23-16-7-3-5-12-4-1-2-6-14(12)16)25-19(15)24-18-10-17(26-27-18)13-8-9-13/h1-2,4,6,10-11,13,16H,3,5,7-9H2,(H3,22,23,24,25,26,27). The van der Waals surface area contributed by atoms with E-state index in [1.807, 2.05) is 0 Å². The summed E-state index contributed by atoms with van der Waals surface area (Å²) in [6.07, 6.45) is 7.67. The van der Waals surface area contributed by atoms with Crippen LogP contribution in [0.4, 0.5) is 17.6 Å². The number of nitrogens with one attached hydrogen (secondary N) is 3. The molecule has 1 fully saturated rings. The molecule has 0 spiro atoms. The lowest BCUT2D eigenvalue weighted by Crippen LogP contribution is -2.18. The van der Waals surface area contributed by atoms with Gasteiger partial charge in [-0.25, -0.2) is 4.98 Å². The van der Waals surface area contributed by atoms with Crippen molar-refractivity contribution in [3.8, 4) is 0 Å². The van der Waals surface area contributed by atoms with Crippen molar-refractivity contribution in [2.24, 2.45) is 0 Å². The van der Waals surface area contributed by atoms with Crippen LogP contribution >= 0.6 is 15.9 Å². The molecule has 1 saturated carbocycles. The fraction of sp³-hybridized carbons (Fsp3) is 0.350. The number of H-pyrrole nitrogens is 1. The summed E-state index contributed by atoms with van der Waals surface area (Å²) in [5, 5.41) is 14.3. The molecule has 3 aromatic rings. The van der Waals surface area contributed by atoms with Gasteiger partial charge in [0.05, 0.1) is 10.5 Å². The Morgan fingerprint density at radius 1 is 1.15 bits per heavy atom. The van der Waals surface area contributed by atoms with Gasteiger partial charge in [-0.1, -0.05) is 24.3 Å². The number of nitrogens with zero attached hydrogens (tertiary/aromatic N) is 3. The third-order valence-electron chi connectivity index (χ3n) is 5.28. The summed E-state index contributed by atoms with van der Waals surface area (Å²) in [5.41, 5.74) is 3.96. The highest BCUT2D eigenvalue weighted by atomic mass is 79.9. The summed E-state index contributed by atoms with van der Waals surface area (Å²) < 4.78 is 0.813. The molecule has 2 aliphatic rings. The molecule has 3 N–H and O–H groups in total. The van der Waals surface area contributed by atoms with Crippen molar-refractivity contribution in [1.29, 1.82) is 0 Å². The van der Waals surface area contributed by atoms with Crippen LogP contribution in [0.5, 0.6) is 0 Å². The number of halogens is 1. The maximum absolute atomic E-state index is 4.67. The van der Waals surface area contributed by atoms with Gasteiger partial charge < -0.3 is 10.6 Å². The summed E-state index contributed by atoms with van der Waals surface area (Å²) in [6, 6.07) is 10.9. The minimum atomic E-state index is 0.246. The fourth-order valence-corrected chi connectivity index (χ4v) is 4.00. The zero-order valence-corrected chi connectivity index (χ0v) is 16.5. The first kappa shape index (κ1) is 16.7. The Bertz CT molecular complexity index is 965. The molecular formula is C20H21BrN6. The van der Waals surface area contributed by atoms with Crippen molar-refractivity contribution in [2.75, 3.05) is 10.6 Å². The largest absolute Gasteiger partial charge is 0.347 e. The zero-order chi connectivity index (χ0) is 18.2. The van der Waals surface area contributed by atoms with Crippen LogP contribution in [0, 0.1) is 0 Å². The zero-order valence-electron chi connectivity index (χ0n) is 14.9. The molecule has 2 heterocycles. The molecular weight excluding hydrogens is 404 g/mol. The van der Waals surface area contributed by atoms with E-state index in [0.717, 1.165) is 23.1 Å². The Morgan fingerprint density at radius 3 is 2.93 bits per heavy atom. The number of rotatable bonds is 5. The summed E-state index contributed by atoms with van der Waals surface area (Å²) in [7, 11) is 0. The average molecular weight is 425 g/mol. The van der Waals surface area contributed by atoms with Gasteiger partial charge in [0, 0.05) is 23.9 Å². The lowest BCUT2D eigenvalue weighted by molar-refractivity contribution is 0.596. The van der Waals surface area contributed by atoms with Crippen molar-refractivity contribution < 1.29 is 0 Å². The second-order valence-electron chi connectivity index (χ2n) is 7.29. The fourth-order valence-electron chi connectivity index (χ4n) is 3.71. The van der Waals surface area contributed by atoms with E-state index in [-0.39, 0.29) is 6.04 Å². The van der Waals surface area contributed by atoms with Crippen LogP contribution in [0.2, 0.25) is 0 Å². The second kappa shape index (κ2) is 6.96. The van der Waals surface area contributed by atoms with Crippen LogP contribution in [-0.4, -0.2) is 20.2 Å². The van der Waals surface area contributed by atoms with Gasteiger partial charge in [-0.15, -0.1) is 0 Å². The highest BCUT2D eigenvalue weighted by molar-refractivity contribution is 9.10. The molecule has 1 aromatic carbocycles. The van der Waals surface area contributed by atoms with Gasteiger partial charge in [-0.3, -0.25) is 5.10 Å². The molecule has 0 saturated heterocycles. The Balaban J connectivity index is 1.36. The SMILES string of the molecule is Brc1cnc(NC2CCCc3ccccc32)nc1Nc1cc(C2CC2)[nH]n1. The molecule has 0 amide bonds. The number of fused-ring (bicyclic) bond motifs is 1. The lowest BCUT2D eigenvalue weighted by atomic mass is 9.88. The normalized spacial score (nSPS) is 18.8. The van der Waals surface area contributed by atoms with E-state index in [2.05, 4.69) is 77.1 Å². The second-order valence-corrected chi connectivity index (χ2v) is 8.14. The van der Waals surface area contributed by atoms with Crippen LogP contribution < -0.4 is 10.6 Å². The van der Waals surface area contributed by atoms with Gasteiger partial charge in [0.2, 0.25) is 5.95 Å². The maximum Gasteiger partial charge on any atom is 0.225 e. The van der Waals surface area contributed by atoms with E-state index in [0.29, 0.717) is 17.7 Å². The van der Waals surface area contributed by atoms with Crippen molar-refractivity contribution in [1.82, 2.24) is 20.2 Å². The minimum Gasteiger partial charge on any atom is -0.347 e. The van der Waals surface area contributed by atoms with E-state index in [1.165, 1.54) is 36.1 Å². The molecule has 1 unspecified atom stereocenters. The Kier molecular flexibility index (Phi) is 4.32. The number of hydrogen-bond donors (Lipinski definition) is 3. The summed E-state index contributed by atoms with van der Waals surface area (Å²) in [4.78, 5) is 9.12. The van der Waals surface area contributed by atoms with Gasteiger partial charge in [0.15, 0.2) is 11.6 Å².